The van der Waals surface area contributed by atoms with E-state index in [0.717, 1.165) is 17.7 Å². The van der Waals surface area contributed by atoms with Crippen LogP contribution in [0.1, 0.15) is 18.1 Å². The second kappa shape index (κ2) is 6.07. The van der Waals surface area contributed by atoms with Crippen molar-refractivity contribution in [3.63, 3.8) is 0 Å². The molecule has 5 heteroatoms. The minimum absolute atomic E-state index is 0.0542. The summed E-state index contributed by atoms with van der Waals surface area (Å²) < 4.78 is 31.8. The molecule has 0 amide bonds. The van der Waals surface area contributed by atoms with Crippen LogP contribution in [0.2, 0.25) is 0 Å². The summed E-state index contributed by atoms with van der Waals surface area (Å²) in [4.78, 5) is -0.0542. The van der Waals surface area contributed by atoms with Gasteiger partial charge in [0.2, 0.25) is 0 Å². The summed E-state index contributed by atoms with van der Waals surface area (Å²) in [5.41, 5.74) is 2.68. The molecular formula is C15H17NO3S. The van der Waals surface area contributed by atoms with Crippen molar-refractivity contribution in [2.75, 3.05) is 5.32 Å². The number of aryl methyl sites for hydroxylation is 1. The van der Waals surface area contributed by atoms with Crippen molar-refractivity contribution in [2.45, 2.75) is 24.8 Å². The van der Waals surface area contributed by atoms with E-state index in [9.17, 15) is 13.0 Å². The average molecular weight is 291 g/mol. The lowest BCUT2D eigenvalue weighted by Gasteiger charge is -2.12. The van der Waals surface area contributed by atoms with Gasteiger partial charge in [-0.2, -0.15) is 8.42 Å². The minimum atomic E-state index is -4.19. The fourth-order valence-corrected chi connectivity index (χ4v) is 2.82. The van der Waals surface area contributed by atoms with Crippen LogP contribution in [-0.4, -0.2) is 13.0 Å². The second-order valence-corrected chi connectivity index (χ2v) is 5.84. The topological polar surface area (TPSA) is 66.4 Å². The molecule has 4 nitrogen and oxygen atoms in total. The van der Waals surface area contributed by atoms with Crippen LogP contribution in [0.25, 0.3) is 0 Å². The zero-order valence-corrected chi connectivity index (χ0v) is 12.0. The van der Waals surface area contributed by atoms with Gasteiger partial charge in [-0.3, -0.25) is 4.55 Å². The summed E-state index contributed by atoms with van der Waals surface area (Å²) in [5.74, 6) is 0. The third-order valence-electron chi connectivity index (χ3n) is 3.12. The van der Waals surface area contributed by atoms with Crippen molar-refractivity contribution in [2.24, 2.45) is 0 Å². The Morgan fingerprint density at radius 3 is 2.25 bits per heavy atom. The molecule has 0 aromatic heterocycles. The molecule has 0 saturated carbocycles. The number of anilines is 1. The van der Waals surface area contributed by atoms with Gasteiger partial charge in [0, 0.05) is 12.2 Å². The van der Waals surface area contributed by atoms with Gasteiger partial charge in [0.1, 0.15) is 0 Å². The van der Waals surface area contributed by atoms with Crippen LogP contribution < -0.4 is 5.32 Å². The Bertz CT molecular complexity index is 696. The molecule has 0 aliphatic heterocycles. The van der Waals surface area contributed by atoms with Gasteiger partial charge in [0.25, 0.3) is 10.1 Å². The summed E-state index contributed by atoms with van der Waals surface area (Å²) in [6.07, 6.45) is 0.892. The average Bonchev–Trinajstić information content (AvgIpc) is 2.44. The molecule has 2 aromatic carbocycles. The SMILES string of the molecule is CCc1ccccc1NCc1ccccc1S(=O)(=O)O. The molecule has 0 bridgehead atoms. The quantitative estimate of drug-likeness (QED) is 0.831. The van der Waals surface area contributed by atoms with Crippen molar-refractivity contribution in [1.29, 1.82) is 0 Å². The van der Waals surface area contributed by atoms with Gasteiger partial charge in [-0.05, 0) is 29.7 Å². The van der Waals surface area contributed by atoms with Gasteiger partial charge in [0.05, 0.1) is 4.90 Å². The van der Waals surface area contributed by atoms with Gasteiger partial charge >= 0.3 is 0 Å². The lowest BCUT2D eigenvalue weighted by molar-refractivity contribution is 0.482. The number of rotatable bonds is 5. The van der Waals surface area contributed by atoms with E-state index in [1.807, 2.05) is 24.3 Å². The zero-order chi connectivity index (χ0) is 14.6. The molecule has 2 aromatic rings. The first-order valence-electron chi connectivity index (χ1n) is 6.39. The van der Waals surface area contributed by atoms with Crippen LogP contribution in [0.3, 0.4) is 0 Å². The first-order valence-corrected chi connectivity index (χ1v) is 7.83. The molecule has 0 aliphatic carbocycles. The number of hydrogen-bond donors (Lipinski definition) is 2. The number of para-hydroxylation sites is 1. The molecule has 0 saturated heterocycles. The van der Waals surface area contributed by atoms with E-state index in [2.05, 4.69) is 12.2 Å². The highest BCUT2D eigenvalue weighted by Gasteiger charge is 2.14. The van der Waals surface area contributed by atoms with Crippen LogP contribution in [0.15, 0.2) is 53.4 Å². The van der Waals surface area contributed by atoms with Gasteiger partial charge < -0.3 is 5.32 Å². The molecule has 0 atom stereocenters. The Morgan fingerprint density at radius 1 is 1.00 bits per heavy atom. The number of nitrogens with one attached hydrogen (secondary N) is 1. The molecule has 2 rings (SSSR count). The Kier molecular flexibility index (Phi) is 4.42. The van der Waals surface area contributed by atoms with Gasteiger partial charge in [-0.1, -0.05) is 43.3 Å². The lowest BCUT2D eigenvalue weighted by atomic mass is 10.1. The summed E-state index contributed by atoms with van der Waals surface area (Å²) in [6, 6.07) is 14.3. The number of benzene rings is 2. The van der Waals surface area contributed by atoms with E-state index in [4.69, 9.17) is 0 Å². The van der Waals surface area contributed by atoms with Crippen LogP contribution in [0.4, 0.5) is 5.69 Å². The lowest BCUT2D eigenvalue weighted by Crippen LogP contribution is -2.08. The summed E-state index contributed by atoms with van der Waals surface area (Å²) in [6.45, 7) is 2.40. The summed E-state index contributed by atoms with van der Waals surface area (Å²) in [5, 5.41) is 3.22. The molecule has 0 heterocycles. The Labute approximate surface area is 119 Å². The van der Waals surface area contributed by atoms with E-state index in [0.29, 0.717) is 12.1 Å². The van der Waals surface area contributed by atoms with Crippen LogP contribution in [0.5, 0.6) is 0 Å². The maximum Gasteiger partial charge on any atom is 0.294 e. The normalized spacial score (nSPS) is 11.3. The van der Waals surface area contributed by atoms with Crippen molar-refractivity contribution in [1.82, 2.24) is 0 Å². The van der Waals surface area contributed by atoms with Crippen LogP contribution in [0, 0.1) is 0 Å². The maximum atomic E-state index is 11.3. The standard InChI is InChI=1S/C15H17NO3S/c1-2-12-7-3-5-9-14(12)16-11-13-8-4-6-10-15(13)20(17,18)19/h3-10,16H,2,11H2,1H3,(H,17,18,19). The highest BCUT2D eigenvalue weighted by Crippen LogP contribution is 2.19. The molecule has 0 radical (unpaired) electrons. The second-order valence-electron chi connectivity index (χ2n) is 4.45. The Balaban J connectivity index is 2.24. The van der Waals surface area contributed by atoms with Crippen LogP contribution >= 0.6 is 0 Å². The minimum Gasteiger partial charge on any atom is -0.381 e. The van der Waals surface area contributed by atoms with E-state index < -0.39 is 10.1 Å². The molecule has 106 valence electrons. The number of hydrogen-bond acceptors (Lipinski definition) is 3. The van der Waals surface area contributed by atoms with Gasteiger partial charge in [0.15, 0.2) is 0 Å². The highest BCUT2D eigenvalue weighted by atomic mass is 32.2. The van der Waals surface area contributed by atoms with Crippen molar-refractivity contribution in [3.05, 3.63) is 59.7 Å². The predicted molar refractivity (Wildman–Crippen MR) is 79.4 cm³/mol. The highest BCUT2D eigenvalue weighted by molar-refractivity contribution is 7.85. The predicted octanol–water partition coefficient (Wildman–Crippen LogP) is 3.11. The van der Waals surface area contributed by atoms with E-state index in [1.54, 1.807) is 18.2 Å². The van der Waals surface area contributed by atoms with Gasteiger partial charge in [-0.25, -0.2) is 0 Å². The molecule has 0 spiro atoms. The summed E-state index contributed by atoms with van der Waals surface area (Å²) >= 11 is 0. The molecule has 0 unspecified atom stereocenters. The first kappa shape index (κ1) is 14.6. The molecule has 2 N–H and O–H groups in total. The Morgan fingerprint density at radius 2 is 1.60 bits per heavy atom. The van der Waals surface area contributed by atoms with E-state index in [1.165, 1.54) is 6.07 Å². The van der Waals surface area contributed by atoms with Crippen LogP contribution in [-0.2, 0) is 23.1 Å². The van der Waals surface area contributed by atoms with Crippen molar-refractivity contribution >= 4 is 15.8 Å². The molecule has 0 fully saturated rings. The summed E-state index contributed by atoms with van der Waals surface area (Å²) in [7, 11) is -4.19. The van der Waals surface area contributed by atoms with E-state index in [-0.39, 0.29) is 4.90 Å². The van der Waals surface area contributed by atoms with E-state index >= 15 is 0 Å². The maximum absolute atomic E-state index is 11.3. The van der Waals surface area contributed by atoms with Gasteiger partial charge in [-0.15, -0.1) is 0 Å². The first-order chi connectivity index (χ1) is 9.52. The Hall–Kier alpha value is -1.85. The molecular weight excluding hydrogens is 274 g/mol. The smallest absolute Gasteiger partial charge is 0.294 e. The largest absolute Gasteiger partial charge is 0.381 e. The monoisotopic (exact) mass is 291 g/mol. The molecule has 0 aliphatic rings. The third-order valence-corrected chi connectivity index (χ3v) is 4.07. The fourth-order valence-electron chi connectivity index (χ4n) is 2.09. The fraction of sp³-hybridized carbons (Fsp3) is 0.200. The van der Waals surface area contributed by atoms with Crippen molar-refractivity contribution < 1.29 is 13.0 Å². The molecule has 20 heavy (non-hydrogen) atoms. The zero-order valence-electron chi connectivity index (χ0n) is 11.2. The van der Waals surface area contributed by atoms with Crippen molar-refractivity contribution in [3.8, 4) is 0 Å². The third kappa shape index (κ3) is 3.37.